The first-order valence-electron chi connectivity index (χ1n) is 10.3. The Kier molecular flexibility index (Phi) is 5.18. The fraction of sp³-hybridized carbons (Fsp3) is 0.217. The van der Waals surface area contributed by atoms with Crippen LogP contribution in [0.15, 0.2) is 67.0 Å². The maximum absolute atomic E-state index is 5.53. The van der Waals surface area contributed by atoms with Crippen LogP contribution in [-0.4, -0.2) is 53.2 Å². The fourth-order valence-corrected chi connectivity index (χ4v) is 3.78. The number of nitrogens with one attached hydrogen (secondary N) is 1. The van der Waals surface area contributed by atoms with E-state index in [1.807, 2.05) is 48.5 Å². The minimum atomic E-state index is 0.582. The van der Waals surface area contributed by atoms with E-state index in [2.05, 4.69) is 31.2 Å². The highest BCUT2D eigenvalue weighted by atomic mass is 16.5. The lowest BCUT2D eigenvalue weighted by Gasteiger charge is -2.36. The molecule has 1 fully saturated rings. The van der Waals surface area contributed by atoms with Crippen molar-refractivity contribution in [3.05, 3.63) is 67.0 Å². The maximum Gasteiger partial charge on any atom is 0.229 e. The van der Waals surface area contributed by atoms with E-state index < -0.39 is 0 Å². The highest BCUT2D eigenvalue weighted by molar-refractivity contribution is 5.85. The lowest BCUT2D eigenvalue weighted by molar-refractivity contribution is 0.413. The second-order valence-electron chi connectivity index (χ2n) is 7.24. The van der Waals surface area contributed by atoms with Gasteiger partial charge in [-0.05, 0) is 24.3 Å². The number of rotatable bonds is 5. The average molecular weight is 413 g/mol. The summed E-state index contributed by atoms with van der Waals surface area (Å²) >= 11 is 0. The molecule has 5 rings (SSSR count). The molecule has 0 aliphatic carbocycles. The molecule has 8 nitrogen and oxygen atoms in total. The lowest BCUT2D eigenvalue weighted by Crippen LogP contribution is -2.47. The van der Waals surface area contributed by atoms with E-state index in [0.717, 1.165) is 43.3 Å². The Morgan fingerprint density at radius 1 is 0.806 bits per heavy atom. The fourth-order valence-electron chi connectivity index (χ4n) is 3.78. The van der Waals surface area contributed by atoms with Crippen LogP contribution in [0.1, 0.15) is 0 Å². The number of hydrogen-bond donors (Lipinski definition) is 1. The zero-order valence-electron chi connectivity index (χ0n) is 17.3. The molecule has 0 radical (unpaired) electrons. The molecule has 8 heteroatoms. The molecule has 0 saturated carbocycles. The minimum absolute atomic E-state index is 0.582. The van der Waals surface area contributed by atoms with E-state index in [-0.39, 0.29) is 0 Å². The summed E-state index contributed by atoms with van der Waals surface area (Å²) in [4.78, 5) is 22.9. The van der Waals surface area contributed by atoms with Crippen molar-refractivity contribution in [2.24, 2.45) is 0 Å². The van der Waals surface area contributed by atoms with Gasteiger partial charge in [0.1, 0.15) is 5.75 Å². The number of fused-ring (bicyclic) bond motifs is 1. The molecule has 0 spiro atoms. The summed E-state index contributed by atoms with van der Waals surface area (Å²) in [6, 6.07) is 18.1. The van der Waals surface area contributed by atoms with Gasteiger partial charge in [-0.3, -0.25) is 0 Å². The Bertz CT molecular complexity index is 1180. The van der Waals surface area contributed by atoms with Gasteiger partial charge in [0.05, 0.1) is 12.8 Å². The number of piperazine rings is 1. The molecule has 2 aromatic heterocycles. The van der Waals surface area contributed by atoms with Gasteiger partial charge in [-0.15, -0.1) is 0 Å². The van der Waals surface area contributed by atoms with Crippen LogP contribution in [0.3, 0.4) is 0 Å². The van der Waals surface area contributed by atoms with E-state index >= 15 is 0 Å². The predicted octanol–water partition coefficient (Wildman–Crippen LogP) is 3.50. The van der Waals surface area contributed by atoms with Crippen molar-refractivity contribution in [3.63, 3.8) is 0 Å². The van der Waals surface area contributed by atoms with Crippen LogP contribution in [0, 0.1) is 0 Å². The third kappa shape index (κ3) is 3.92. The van der Waals surface area contributed by atoms with Crippen LogP contribution in [0.2, 0.25) is 0 Å². The smallest absolute Gasteiger partial charge is 0.229 e. The summed E-state index contributed by atoms with van der Waals surface area (Å²) in [5.41, 5.74) is 3.29. The Morgan fingerprint density at radius 3 is 2.32 bits per heavy atom. The second-order valence-corrected chi connectivity index (χ2v) is 7.24. The van der Waals surface area contributed by atoms with Gasteiger partial charge in [0.15, 0.2) is 17.0 Å². The predicted molar refractivity (Wildman–Crippen MR) is 122 cm³/mol. The van der Waals surface area contributed by atoms with Gasteiger partial charge in [-0.2, -0.15) is 9.97 Å². The summed E-state index contributed by atoms with van der Waals surface area (Å²) in [7, 11) is 1.71. The van der Waals surface area contributed by atoms with Crippen LogP contribution >= 0.6 is 0 Å². The van der Waals surface area contributed by atoms with Crippen LogP contribution in [0.5, 0.6) is 5.75 Å². The van der Waals surface area contributed by atoms with Crippen molar-refractivity contribution >= 4 is 34.3 Å². The molecule has 0 unspecified atom stereocenters. The zero-order valence-corrected chi connectivity index (χ0v) is 17.3. The number of para-hydroxylation sites is 3. The first-order valence-corrected chi connectivity index (χ1v) is 10.3. The van der Waals surface area contributed by atoms with Crippen molar-refractivity contribution < 1.29 is 4.74 Å². The molecule has 4 aromatic rings. The first kappa shape index (κ1) is 19.0. The number of ether oxygens (including phenoxy) is 1. The van der Waals surface area contributed by atoms with E-state index in [1.54, 1.807) is 19.5 Å². The molecule has 1 aliphatic rings. The molecule has 0 atom stereocenters. The van der Waals surface area contributed by atoms with Crippen molar-refractivity contribution in [1.82, 2.24) is 19.9 Å². The van der Waals surface area contributed by atoms with Gasteiger partial charge < -0.3 is 19.9 Å². The van der Waals surface area contributed by atoms with Gasteiger partial charge in [-0.1, -0.05) is 30.3 Å². The van der Waals surface area contributed by atoms with Crippen LogP contribution < -0.4 is 19.9 Å². The number of aromatic nitrogens is 4. The quantitative estimate of drug-likeness (QED) is 0.533. The van der Waals surface area contributed by atoms with E-state index in [1.165, 1.54) is 0 Å². The van der Waals surface area contributed by atoms with E-state index in [9.17, 15) is 0 Å². The standard InChI is InChI=1S/C23H23N7O/c1-31-19-10-6-5-9-18(19)29-13-15-30(16-14-29)23-27-21-20(24-11-12-25-21)22(28-23)26-17-7-3-2-4-8-17/h2-12H,13-16H2,1H3,(H,25,26,27,28). The molecule has 1 aliphatic heterocycles. The minimum Gasteiger partial charge on any atom is -0.495 e. The highest BCUT2D eigenvalue weighted by Gasteiger charge is 2.22. The summed E-state index contributed by atoms with van der Waals surface area (Å²) in [6.45, 7) is 3.30. The molecule has 0 amide bonds. The third-order valence-electron chi connectivity index (χ3n) is 5.35. The van der Waals surface area contributed by atoms with Crippen molar-refractivity contribution in [2.45, 2.75) is 0 Å². The van der Waals surface area contributed by atoms with Crippen LogP contribution in [0.4, 0.5) is 23.1 Å². The Labute approximate surface area is 180 Å². The molecule has 156 valence electrons. The largest absolute Gasteiger partial charge is 0.495 e. The number of nitrogens with zero attached hydrogens (tertiary/aromatic N) is 6. The monoisotopic (exact) mass is 413 g/mol. The summed E-state index contributed by atoms with van der Waals surface area (Å²) in [5, 5.41) is 3.37. The molecule has 3 heterocycles. The Balaban J connectivity index is 1.41. The molecule has 2 aromatic carbocycles. The van der Waals surface area contributed by atoms with Gasteiger partial charge in [0, 0.05) is 44.3 Å². The van der Waals surface area contributed by atoms with Gasteiger partial charge in [0.2, 0.25) is 5.95 Å². The molecule has 0 bridgehead atoms. The number of hydrogen-bond acceptors (Lipinski definition) is 8. The third-order valence-corrected chi connectivity index (χ3v) is 5.35. The Morgan fingerprint density at radius 2 is 1.52 bits per heavy atom. The maximum atomic E-state index is 5.53. The highest BCUT2D eigenvalue weighted by Crippen LogP contribution is 2.29. The second kappa shape index (κ2) is 8.43. The summed E-state index contributed by atoms with van der Waals surface area (Å²) < 4.78 is 5.53. The van der Waals surface area contributed by atoms with E-state index in [4.69, 9.17) is 14.7 Å². The zero-order chi connectivity index (χ0) is 21.0. The van der Waals surface area contributed by atoms with Crippen molar-refractivity contribution in [1.29, 1.82) is 0 Å². The van der Waals surface area contributed by atoms with Gasteiger partial charge in [-0.25, -0.2) is 9.97 Å². The van der Waals surface area contributed by atoms with Crippen molar-refractivity contribution in [2.75, 3.05) is 48.4 Å². The molecular formula is C23H23N7O. The van der Waals surface area contributed by atoms with E-state index in [0.29, 0.717) is 22.9 Å². The Hall–Kier alpha value is -3.94. The topological polar surface area (TPSA) is 79.3 Å². The summed E-state index contributed by atoms with van der Waals surface area (Å²) in [5.74, 6) is 2.21. The van der Waals surface area contributed by atoms with Crippen LogP contribution in [-0.2, 0) is 0 Å². The van der Waals surface area contributed by atoms with Gasteiger partial charge >= 0.3 is 0 Å². The normalized spacial score (nSPS) is 14.0. The average Bonchev–Trinajstić information content (AvgIpc) is 2.85. The summed E-state index contributed by atoms with van der Waals surface area (Å²) in [6.07, 6.45) is 3.32. The number of methoxy groups -OCH3 is 1. The van der Waals surface area contributed by atoms with Crippen LogP contribution in [0.25, 0.3) is 11.2 Å². The first-order chi connectivity index (χ1) is 15.3. The molecule has 31 heavy (non-hydrogen) atoms. The molecular weight excluding hydrogens is 390 g/mol. The van der Waals surface area contributed by atoms with Crippen molar-refractivity contribution in [3.8, 4) is 5.75 Å². The number of benzene rings is 2. The molecule has 1 saturated heterocycles. The molecule has 1 N–H and O–H groups in total. The SMILES string of the molecule is COc1ccccc1N1CCN(c2nc(Nc3ccccc3)c3nccnc3n2)CC1. The lowest BCUT2D eigenvalue weighted by atomic mass is 10.2. The van der Waals surface area contributed by atoms with Gasteiger partial charge in [0.25, 0.3) is 0 Å². The number of anilines is 4.